The number of aliphatic hydroxyl groups excluding tert-OH is 1. The normalized spacial score (nSPS) is 13.6. The third-order valence-electron chi connectivity index (χ3n) is 2.73. The molecule has 102 valence electrons. The Balaban J connectivity index is 2.46. The SMILES string of the molecule is COC[C@@H](O)CNC(C)(C)Cc1ccc(Br)cc1. The van der Waals surface area contributed by atoms with Gasteiger partial charge in [0.1, 0.15) is 0 Å². The summed E-state index contributed by atoms with van der Waals surface area (Å²) in [5.41, 5.74) is 1.22. The summed E-state index contributed by atoms with van der Waals surface area (Å²) < 4.78 is 6.00. The quantitative estimate of drug-likeness (QED) is 0.811. The van der Waals surface area contributed by atoms with Crippen LogP contribution in [0.4, 0.5) is 0 Å². The predicted octanol–water partition coefficient (Wildman–Crippen LogP) is 2.37. The van der Waals surface area contributed by atoms with Gasteiger partial charge in [0.2, 0.25) is 0 Å². The minimum Gasteiger partial charge on any atom is -0.389 e. The summed E-state index contributed by atoms with van der Waals surface area (Å²) in [6, 6.07) is 8.31. The lowest BCUT2D eigenvalue weighted by atomic mass is 9.95. The molecule has 18 heavy (non-hydrogen) atoms. The Hall–Kier alpha value is -0.420. The fourth-order valence-electron chi connectivity index (χ4n) is 1.82. The lowest BCUT2D eigenvalue weighted by Crippen LogP contribution is -2.45. The monoisotopic (exact) mass is 315 g/mol. The van der Waals surface area contributed by atoms with Gasteiger partial charge < -0.3 is 15.2 Å². The molecule has 4 heteroatoms. The highest BCUT2D eigenvalue weighted by molar-refractivity contribution is 9.10. The zero-order valence-corrected chi connectivity index (χ0v) is 12.8. The molecule has 1 aromatic rings. The molecule has 0 aliphatic carbocycles. The van der Waals surface area contributed by atoms with Gasteiger partial charge in [-0.1, -0.05) is 28.1 Å². The van der Waals surface area contributed by atoms with E-state index < -0.39 is 6.10 Å². The first-order chi connectivity index (χ1) is 8.43. The fourth-order valence-corrected chi connectivity index (χ4v) is 2.08. The van der Waals surface area contributed by atoms with E-state index >= 15 is 0 Å². The van der Waals surface area contributed by atoms with Crippen LogP contribution in [-0.2, 0) is 11.2 Å². The molecule has 1 rings (SSSR count). The minimum atomic E-state index is -0.459. The average molecular weight is 316 g/mol. The Morgan fingerprint density at radius 3 is 2.50 bits per heavy atom. The molecule has 0 spiro atoms. The Bertz CT molecular complexity index is 351. The maximum absolute atomic E-state index is 9.62. The highest BCUT2D eigenvalue weighted by Gasteiger charge is 2.19. The second kappa shape index (κ2) is 7.24. The highest BCUT2D eigenvalue weighted by Crippen LogP contribution is 2.16. The standard InChI is InChI=1S/C14H22BrNO2/c1-14(2,16-9-13(17)10-18-3)8-11-4-6-12(15)7-5-11/h4-7,13,16-17H,8-10H2,1-3H3/t13-/m0/s1. The molecule has 0 aromatic heterocycles. The number of methoxy groups -OCH3 is 1. The molecule has 2 N–H and O–H groups in total. The number of benzene rings is 1. The Morgan fingerprint density at radius 1 is 1.33 bits per heavy atom. The first kappa shape index (κ1) is 15.6. The predicted molar refractivity (Wildman–Crippen MR) is 77.8 cm³/mol. The molecule has 3 nitrogen and oxygen atoms in total. The van der Waals surface area contributed by atoms with Gasteiger partial charge in [-0.25, -0.2) is 0 Å². The van der Waals surface area contributed by atoms with E-state index in [4.69, 9.17) is 4.74 Å². The van der Waals surface area contributed by atoms with Crippen LogP contribution in [0.1, 0.15) is 19.4 Å². The van der Waals surface area contributed by atoms with E-state index in [2.05, 4.69) is 47.2 Å². The van der Waals surface area contributed by atoms with Crippen molar-refractivity contribution < 1.29 is 9.84 Å². The molecule has 1 atom stereocenters. The highest BCUT2D eigenvalue weighted by atomic mass is 79.9. The van der Waals surface area contributed by atoms with Gasteiger partial charge in [-0.05, 0) is 38.0 Å². The number of ether oxygens (including phenoxy) is 1. The molecule has 1 aromatic carbocycles. The summed E-state index contributed by atoms with van der Waals surface area (Å²) >= 11 is 3.43. The van der Waals surface area contributed by atoms with Gasteiger partial charge in [-0.2, -0.15) is 0 Å². The summed E-state index contributed by atoms with van der Waals surface area (Å²) in [6.07, 6.45) is 0.458. The van der Waals surface area contributed by atoms with Crippen molar-refractivity contribution in [3.63, 3.8) is 0 Å². The first-order valence-electron chi connectivity index (χ1n) is 6.09. The maximum atomic E-state index is 9.62. The molecular formula is C14H22BrNO2. The van der Waals surface area contributed by atoms with Crippen molar-refractivity contribution in [2.45, 2.75) is 31.9 Å². The van der Waals surface area contributed by atoms with Crippen LogP contribution in [0.2, 0.25) is 0 Å². The molecule has 0 amide bonds. The molecule has 0 fully saturated rings. The summed E-state index contributed by atoms with van der Waals surface area (Å²) in [4.78, 5) is 0. The number of nitrogens with one attached hydrogen (secondary N) is 1. The number of rotatable bonds is 7. The van der Waals surface area contributed by atoms with E-state index in [-0.39, 0.29) is 5.54 Å². The Kier molecular flexibility index (Phi) is 6.29. The molecule has 0 saturated heterocycles. The topological polar surface area (TPSA) is 41.5 Å². The molecule has 0 bridgehead atoms. The lowest BCUT2D eigenvalue weighted by molar-refractivity contribution is 0.0598. The van der Waals surface area contributed by atoms with Crippen molar-refractivity contribution >= 4 is 15.9 Å². The van der Waals surface area contributed by atoms with Crippen LogP contribution in [-0.4, -0.2) is 37.0 Å². The third kappa shape index (κ3) is 5.96. The van der Waals surface area contributed by atoms with Crippen LogP contribution in [0.15, 0.2) is 28.7 Å². The lowest BCUT2D eigenvalue weighted by Gasteiger charge is -2.28. The van der Waals surface area contributed by atoms with Crippen LogP contribution < -0.4 is 5.32 Å². The Morgan fingerprint density at radius 2 is 1.94 bits per heavy atom. The molecule has 0 saturated carbocycles. The van der Waals surface area contributed by atoms with Gasteiger partial charge in [-0.3, -0.25) is 0 Å². The van der Waals surface area contributed by atoms with Crippen molar-refractivity contribution in [3.05, 3.63) is 34.3 Å². The minimum absolute atomic E-state index is 0.0530. The van der Waals surface area contributed by atoms with Gasteiger partial charge in [0, 0.05) is 23.7 Å². The van der Waals surface area contributed by atoms with E-state index in [1.807, 2.05) is 12.1 Å². The summed E-state index contributed by atoms with van der Waals surface area (Å²) in [5, 5.41) is 13.0. The third-order valence-corrected chi connectivity index (χ3v) is 3.26. The molecule has 0 aliphatic heterocycles. The first-order valence-corrected chi connectivity index (χ1v) is 6.89. The second-order valence-corrected chi connectivity index (χ2v) is 6.09. The second-order valence-electron chi connectivity index (χ2n) is 5.18. The zero-order valence-electron chi connectivity index (χ0n) is 11.2. The number of halogens is 1. The van der Waals surface area contributed by atoms with Gasteiger partial charge in [0.05, 0.1) is 12.7 Å². The van der Waals surface area contributed by atoms with Crippen molar-refractivity contribution in [1.82, 2.24) is 5.32 Å². The smallest absolute Gasteiger partial charge is 0.0897 e. The fraction of sp³-hybridized carbons (Fsp3) is 0.571. The van der Waals surface area contributed by atoms with E-state index in [1.165, 1.54) is 5.56 Å². The van der Waals surface area contributed by atoms with Crippen molar-refractivity contribution in [2.75, 3.05) is 20.3 Å². The molecular weight excluding hydrogens is 294 g/mol. The van der Waals surface area contributed by atoms with Gasteiger partial charge in [-0.15, -0.1) is 0 Å². The maximum Gasteiger partial charge on any atom is 0.0897 e. The number of β-amino-alcohol motifs (C(OH)–C–C–N with tert-alkyl or cyclic N) is 1. The number of hydrogen-bond donors (Lipinski definition) is 2. The zero-order chi connectivity index (χ0) is 13.6. The number of hydrogen-bond acceptors (Lipinski definition) is 3. The van der Waals surface area contributed by atoms with Crippen molar-refractivity contribution in [2.24, 2.45) is 0 Å². The Labute approximate surface area is 118 Å². The van der Waals surface area contributed by atoms with Crippen LogP contribution in [0.5, 0.6) is 0 Å². The molecule has 0 unspecified atom stereocenters. The van der Waals surface area contributed by atoms with E-state index in [0.717, 1.165) is 10.9 Å². The molecule has 0 radical (unpaired) electrons. The van der Waals surface area contributed by atoms with Crippen molar-refractivity contribution in [1.29, 1.82) is 0 Å². The average Bonchev–Trinajstić information content (AvgIpc) is 2.30. The van der Waals surface area contributed by atoms with Gasteiger partial charge >= 0.3 is 0 Å². The van der Waals surface area contributed by atoms with E-state index in [9.17, 15) is 5.11 Å². The van der Waals surface area contributed by atoms with E-state index in [1.54, 1.807) is 7.11 Å². The van der Waals surface area contributed by atoms with Crippen LogP contribution in [0.3, 0.4) is 0 Å². The summed E-state index contributed by atoms with van der Waals surface area (Å²) in [6.45, 7) is 5.17. The van der Waals surface area contributed by atoms with Crippen LogP contribution >= 0.6 is 15.9 Å². The summed E-state index contributed by atoms with van der Waals surface area (Å²) in [5.74, 6) is 0. The van der Waals surface area contributed by atoms with Crippen LogP contribution in [0.25, 0.3) is 0 Å². The van der Waals surface area contributed by atoms with Crippen LogP contribution in [0, 0.1) is 0 Å². The largest absolute Gasteiger partial charge is 0.389 e. The molecule has 0 heterocycles. The summed E-state index contributed by atoms with van der Waals surface area (Å²) in [7, 11) is 1.59. The van der Waals surface area contributed by atoms with Gasteiger partial charge in [0.15, 0.2) is 0 Å². The van der Waals surface area contributed by atoms with Crippen molar-refractivity contribution in [3.8, 4) is 0 Å². The van der Waals surface area contributed by atoms with E-state index in [0.29, 0.717) is 13.2 Å². The number of aliphatic hydroxyl groups is 1. The van der Waals surface area contributed by atoms with Gasteiger partial charge in [0.25, 0.3) is 0 Å². The molecule has 0 aliphatic rings.